The molecular weight excluding hydrogens is 432 g/mol. The van der Waals surface area contributed by atoms with E-state index in [2.05, 4.69) is 34.9 Å². The summed E-state index contributed by atoms with van der Waals surface area (Å²) in [4.78, 5) is 36.1. The molecule has 7 heteroatoms. The molecule has 0 saturated heterocycles. The monoisotopic (exact) mass is 464 g/mol. The van der Waals surface area contributed by atoms with E-state index in [1.807, 2.05) is 31.2 Å². The summed E-state index contributed by atoms with van der Waals surface area (Å²) in [5.74, 6) is -1.24. The van der Waals surface area contributed by atoms with Crippen molar-refractivity contribution in [1.82, 2.24) is 10.6 Å². The average Bonchev–Trinajstić information content (AvgIpc) is 3.40. The minimum atomic E-state index is -0.832. The van der Waals surface area contributed by atoms with E-state index in [0.29, 0.717) is 19.3 Å². The molecule has 0 bridgehead atoms. The molecule has 3 N–H and O–H groups in total. The highest BCUT2D eigenvalue weighted by atomic mass is 16.5. The summed E-state index contributed by atoms with van der Waals surface area (Å²) >= 11 is 0. The molecule has 7 nitrogen and oxygen atoms in total. The fraction of sp³-hybridized carbons (Fsp3) is 0.444. The first kappa shape index (κ1) is 23.8. The smallest absolute Gasteiger partial charge is 0.407 e. The number of carboxylic acids is 1. The molecule has 2 aliphatic rings. The van der Waals surface area contributed by atoms with Crippen LogP contribution in [0.25, 0.3) is 11.1 Å². The SMILES string of the molecule is CC(CCCC(=O)O)NC(=O)[C@@H]1CCC[C@@H]1NC(=O)OCC1c2ccccc2-c2ccccc21. The van der Waals surface area contributed by atoms with Gasteiger partial charge >= 0.3 is 12.1 Å². The number of hydrogen-bond donors (Lipinski definition) is 3. The highest BCUT2D eigenvalue weighted by Crippen LogP contribution is 2.44. The van der Waals surface area contributed by atoms with Gasteiger partial charge in [-0.2, -0.15) is 0 Å². The lowest BCUT2D eigenvalue weighted by Gasteiger charge is -2.23. The molecule has 1 unspecified atom stereocenters. The maximum atomic E-state index is 12.8. The Labute approximate surface area is 199 Å². The van der Waals surface area contributed by atoms with Crippen molar-refractivity contribution >= 4 is 18.0 Å². The topological polar surface area (TPSA) is 105 Å². The third-order valence-electron chi connectivity index (χ3n) is 6.92. The largest absolute Gasteiger partial charge is 0.481 e. The fourth-order valence-corrected chi connectivity index (χ4v) is 5.22. The highest BCUT2D eigenvalue weighted by molar-refractivity contribution is 5.81. The number of ether oxygens (including phenoxy) is 1. The van der Waals surface area contributed by atoms with E-state index in [1.54, 1.807) is 0 Å². The van der Waals surface area contributed by atoms with E-state index in [0.717, 1.165) is 24.0 Å². The van der Waals surface area contributed by atoms with Crippen LogP contribution in [-0.4, -0.2) is 41.8 Å². The van der Waals surface area contributed by atoms with E-state index in [1.165, 1.54) is 11.1 Å². The van der Waals surface area contributed by atoms with Crippen molar-refractivity contribution in [2.45, 2.75) is 63.5 Å². The van der Waals surface area contributed by atoms with Crippen LogP contribution in [0.5, 0.6) is 0 Å². The minimum absolute atomic E-state index is 0.00697. The first-order valence-corrected chi connectivity index (χ1v) is 12.1. The molecule has 0 aliphatic heterocycles. The number of carboxylic acid groups (broad SMARTS) is 1. The highest BCUT2D eigenvalue weighted by Gasteiger charge is 2.35. The van der Waals surface area contributed by atoms with Gasteiger partial charge in [-0.15, -0.1) is 0 Å². The Morgan fingerprint density at radius 3 is 2.32 bits per heavy atom. The van der Waals surface area contributed by atoms with Gasteiger partial charge in [-0.1, -0.05) is 55.0 Å². The Morgan fingerprint density at radius 1 is 1.03 bits per heavy atom. The van der Waals surface area contributed by atoms with Gasteiger partial charge in [0.1, 0.15) is 6.61 Å². The predicted molar refractivity (Wildman–Crippen MR) is 128 cm³/mol. The minimum Gasteiger partial charge on any atom is -0.481 e. The molecular formula is C27H32N2O5. The summed E-state index contributed by atoms with van der Waals surface area (Å²) in [6.45, 7) is 2.12. The molecule has 3 atom stereocenters. The second kappa shape index (κ2) is 10.7. The molecule has 0 aromatic heterocycles. The quantitative estimate of drug-likeness (QED) is 0.508. The maximum absolute atomic E-state index is 12.8. The lowest BCUT2D eigenvalue weighted by molar-refractivity contribution is -0.137. The number of aliphatic carboxylic acids is 1. The van der Waals surface area contributed by atoms with Gasteiger partial charge in [0.15, 0.2) is 0 Å². The van der Waals surface area contributed by atoms with Crippen LogP contribution in [0.4, 0.5) is 4.79 Å². The molecule has 4 rings (SSSR count). The van der Waals surface area contributed by atoms with Crippen molar-refractivity contribution in [2.24, 2.45) is 5.92 Å². The van der Waals surface area contributed by atoms with Crippen LogP contribution in [0.2, 0.25) is 0 Å². The van der Waals surface area contributed by atoms with Gasteiger partial charge in [0, 0.05) is 24.4 Å². The predicted octanol–water partition coefficient (Wildman–Crippen LogP) is 4.45. The molecule has 2 aromatic rings. The Kier molecular flexibility index (Phi) is 7.50. The van der Waals surface area contributed by atoms with Crippen molar-refractivity contribution in [2.75, 3.05) is 6.61 Å². The first-order valence-electron chi connectivity index (χ1n) is 12.1. The van der Waals surface area contributed by atoms with Gasteiger partial charge in [-0.05, 0) is 54.9 Å². The molecule has 2 aliphatic carbocycles. The van der Waals surface area contributed by atoms with Gasteiger partial charge in [0.25, 0.3) is 0 Å². The van der Waals surface area contributed by atoms with Crippen LogP contribution in [-0.2, 0) is 14.3 Å². The lowest BCUT2D eigenvalue weighted by Crippen LogP contribution is -2.46. The molecule has 0 radical (unpaired) electrons. The second-order valence-corrected chi connectivity index (χ2v) is 9.31. The number of amides is 2. The molecule has 2 amide bonds. The van der Waals surface area contributed by atoms with Crippen LogP contribution in [0, 0.1) is 5.92 Å². The molecule has 1 saturated carbocycles. The van der Waals surface area contributed by atoms with E-state index < -0.39 is 12.1 Å². The normalized spacial score (nSPS) is 19.7. The van der Waals surface area contributed by atoms with E-state index >= 15 is 0 Å². The number of alkyl carbamates (subject to hydrolysis) is 1. The Bertz CT molecular complexity index is 1010. The molecule has 1 fully saturated rings. The Balaban J connectivity index is 1.30. The number of hydrogen-bond acceptors (Lipinski definition) is 4. The van der Waals surface area contributed by atoms with E-state index in [-0.39, 0.29) is 42.9 Å². The van der Waals surface area contributed by atoms with Crippen molar-refractivity contribution in [1.29, 1.82) is 0 Å². The van der Waals surface area contributed by atoms with Gasteiger partial charge in [0.2, 0.25) is 5.91 Å². The second-order valence-electron chi connectivity index (χ2n) is 9.31. The number of carbonyl (C=O) groups is 3. The summed E-state index contributed by atoms with van der Waals surface area (Å²) in [7, 11) is 0. The molecule has 2 aromatic carbocycles. The zero-order valence-corrected chi connectivity index (χ0v) is 19.5. The van der Waals surface area contributed by atoms with Crippen LogP contribution in [0.15, 0.2) is 48.5 Å². The van der Waals surface area contributed by atoms with E-state index in [9.17, 15) is 14.4 Å². The lowest BCUT2D eigenvalue weighted by atomic mass is 9.98. The fourth-order valence-electron chi connectivity index (χ4n) is 5.22. The molecule has 180 valence electrons. The summed E-state index contributed by atoms with van der Waals surface area (Å²) < 4.78 is 5.65. The molecule has 0 heterocycles. The number of fused-ring (bicyclic) bond motifs is 3. The average molecular weight is 465 g/mol. The van der Waals surface area contributed by atoms with Gasteiger partial charge in [0.05, 0.1) is 5.92 Å². The maximum Gasteiger partial charge on any atom is 0.407 e. The third kappa shape index (κ3) is 5.41. The number of rotatable bonds is 9. The molecule has 0 spiro atoms. The van der Waals surface area contributed by atoms with Crippen LogP contribution in [0.3, 0.4) is 0 Å². The molecule has 34 heavy (non-hydrogen) atoms. The van der Waals surface area contributed by atoms with Crippen LogP contribution in [0.1, 0.15) is 62.5 Å². The van der Waals surface area contributed by atoms with Gasteiger partial charge < -0.3 is 20.5 Å². The van der Waals surface area contributed by atoms with E-state index in [4.69, 9.17) is 9.84 Å². The number of benzene rings is 2. The Morgan fingerprint density at radius 2 is 1.68 bits per heavy atom. The summed E-state index contributed by atoms with van der Waals surface area (Å²) in [5.41, 5.74) is 4.67. The standard InChI is InChI=1S/C27H32N2O5/c1-17(8-6-15-25(30)31)28-26(32)22-13-7-14-24(22)29-27(33)34-16-23-20-11-4-2-9-18(20)19-10-3-5-12-21(19)23/h2-5,9-12,17,22-24H,6-8,13-16H2,1H3,(H,28,32)(H,29,33)(H,30,31)/t17?,22-,24+/m1/s1. The van der Waals surface area contributed by atoms with Crippen LogP contribution < -0.4 is 10.6 Å². The first-order chi connectivity index (χ1) is 16.4. The zero-order valence-electron chi connectivity index (χ0n) is 19.5. The van der Waals surface area contributed by atoms with Crippen molar-refractivity contribution in [3.63, 3.8) is 0 Å². The zero-order chi connectivity index (χ0) is 24.1. The third-order valence-corrected chi connectivity index (χ3v) is 6.92. The van der Waals surface area contributed by atoms with Crippen molar-refractivity contribution < 1.29 is 24.2 Å². The Hall–Kier alpha value is -3.35. The van der Waals surface area contributed by atoms with Gasteiger partial charge in [-0.3, -0.25) is 9.59 Å². The summed E-state index contributed by atoms with van der Waals surface area (Å²) in [5, 5.41) is 14.7. The summed E-state index contributed by atoms with van der Waals surface area (Å²) in [6.07, 6.45) is 3.02. The number of carbonyl (C=O) groups excluding carboxylic acids is 2. The van der Waals surface area contributed by atoms with Crippen molar-refractivity contribution in [3.05, 3.63) is 59.7 Å². The number of nitrogens with one attached hydrogen (secondary N) is 2. The summed E-state index contributed by atoms with van der Waals surface area (Å²) in [6, 6.07) is 16.0. The van der Waals surface area contributed by atoms with Gasteiger partial charge in [-0.25, -0.2) is 4.79 Å². The van der Waals surface area contributed by atoms with Crippen molar-refractivity contribution in [3.8, 4) is 11.1 Å². The van der Waals surface area contributed by atoms with Crippen LogP contribution >= 0.6 is 0 Å².